The summed E-state index contributed by atoms with van der Waals surface area (Å²) >= 11 is 0. The van der Waals surface area contributed by atoms with E-state index in [1.54, 1.807) is 0 Å². The summed E-state index contributed by atoms with van der Waals surface area (Å²) in [7, 11) is 0.911. The van der Waals surface area contributed by atoms with Gasteiger partial charge in [-0.05, 0) is 43.5 Å². The van der Waals surface area contributed by atoms with E-state index in [0.717, 1.165) is 51.1 Å². The van der Waals surface area contributed by atoms with Gasteiger partial charge in [-0.25, -0.2) is 8.78 Å². The van der Waals surface area contributed by atoms with Crippen LogP contribution in [0.2, 0.25) is 0 Å². The largest absolute Gasteiger partial charge is 0.416 e. The molecule has 4 rings (SSSR count). The van der Waals surface area contributed by atoms with Crippen molar-refractivity contribution >= 4 is 11.6 Å². The van der Waals surface area contributed by atoms with Crippen molar-refractivity contribution in [1.82, 2.24) is 15.6 Å². The number of benzene rings is 1. The Morgan fingerprint density at radius 1 is 1.24 bits per heavy atom. The van der Waals surface area contributed by atoms with Crippen LogP contribution in [-0.4, -0.2) is 62.0 Å². The maximum absolute atomic E-state index is 14.0. The molecule has 1 aromatic carbocycles. The Bertz CT molecular complexity index is 1040. The molecule has 1 amide bonds. The van der Waals surface area contributed by atoms with Gasteiger partial charge in [-0.3, -0.25) is 9.78 Å². The molecule has 2 atom stereocenters. The number of alkyl halides is 3. The van der Waals surface area contributed by atoms with Crippen LogP contribution >= 0.6 is 0 Å². The lowest BCUT2D eigenvalue weighted by Gasteiger charge is -2.28. The van der Waals surface area contributed by atoms with E-state index in [0.29, 0.717) is 24.3 Å². The molecule has 2 aromatic rings. The van der Waals surface area contributed by atoms with Gasteiger partial charge in [0.2, 0.25) is 0 Å². The number of anilines is 1. The van der Waals surface area contributed by atoms with E-state index < -0.39 is 36.4 Å². The number of carbonyl (C=O) groups excluding carboxylic acids is 1. The van der Waals surface area contributed by atoms with E-state index >= 15 is 0 Å². The fourth-order valence-corrected chi connectivity index (χ4v) is 4.77. The lowest BCUT2D eigenvalue weighted by atomic mass is 9.96. The van der Waals surface area contributed by atoms with Crippen LogP contribution in [-0.2, 0) is 4.74 Å². The molecule has 6 nitrogen and oxygen atoms in total. The van der Waals surface area contributed by atoms with Crippen molar-refractivity contribution in [2.75, 3.05) is 38.2 Å². The Kier molecular flexibility index (Phi) is 6.77. The average molecular weight is 484 g/mol. The molecule has 2 fully saturated rings. The van der Waals surface area contributed by atoms with E-state index in [1.165, 1.54) is 12.4 Å². The molecule has 0 aliphatic carbocycles. The van der Waals surface area contributed by atoms with Crippen LogP contribution in [0.15, 0.2) is 30.6 Å². The van der Waals surface area contributed by atoms with Crippen LogP contribution in [0.1, 0.15) is 29.6 Å². The first-order valence-electron chi connectivity index (χ1n) is 10.9. The van der Waals surface area contributed by atoms with E-state index in [1.807, 2.05) is 4.90 Å². The highest BCUT2D eigenvalue weighted by atomic mass is 19.4. The zero-order valence-electron chi connectivity index (χ0n) is 18.5. The highest BCUT2D eigenvalue weighted by molar-refractivity contribution is 6.03. The van der Waals surface area contributed by atoms with Gasteiger partial charge in [-0.15, -0.1) is 0 Å². The smallest absolute Gasteiger partial charge is 0.370 e. The van der Waals surface area contributed by atoms with Crippen LogP contribution in [0.5, 0.6) is 0 Å². The zero-order chi connectivity index (χ0) is 24.5. The van der Waals surface area contributed by atoms with Crippen LogP contribution < -0.4 is 15.5 Å². The third-order valence-electron chi connectivity index (χ3n) is 6.44. The summed E-state index contributed by atoms with van der Waals surface area (Å²) < 4.78 is 71.6. The number of halogens is 5. The standard InChI is InChI=1S/C23H25F5N4O2/c1-34-19(23(26,27)28)12-30-21(33)18-11-29-10-17(14-7-15(24)9-16(25)8-14)20(18)32-6-4-22(13-32)3-2-5-31-22/h7-11,19,31H,2-6,12-13H2,1H3,(H,30,33)/t19-,22+/m1/s1. The molecule has 184 valence electrons. The number of methoxy groups -OCH3 is 1. The first-order valence-corrected chi connectivity index (χ1v) is 10.9. The average Bonchev–Trinajstić information content (AvgIpc) is 3.41. The lowest BCUT2D eigenvalue weighted by Crippen LogP contribution is -2.43. The van der Waals surface area contributed by atoms with E-state index in [9.17, 15) is 26.7 Å². The van der Waals surface area contributed by atoms with Gasteiger partial charge in [0.1, 0.15) is 11.6 Å². The molecule has 2 aliphatic heterocycles. The van der Waals surface area contributed by atoms with Crippen molar-refractivity contribution < 1.29 is 31.5 Å². The number of nitrogens with zero attached hydrogens (tertiary/aromatic N) is 2. The number of ether oxygens (including phenoxy) is 1. The SMILES string of the molecule is CO[C@H](CNC(=O)c1cncc(-c2cc(F)cc(F)c2)c1N1CC[C@@]2(CCCN2)C1)C(F)(F)F. The van der Waals surface area contributed by atoms with E-state index in [-0.39, 0.29) is 16.7 Å². The summed E-state index contributed by atoms with van der Waals surface area (Å²) in [6, 6.07) is 3.01. The van der Waals surface area contributed by atoms with Gasteiger partial charge in [0.05, 0.1) is 17.8 Å². The molecule has 1 aromatic heterocycles. The molecule has 1 spiro atoms. The predicted molar refractivity (Wildman–Crippen MR) is 116 cm³/mol. The Hall–Kier alpha value is -2.79. The van der Waals surface area contributed by atoms with Crippen LogP contribution in [0.25, 0.3) is 11.1 Å². The number of nitrogens with one attached hydrogen (secondary N) is 2. The molecular formula is C23H25F5N4O2. The minimum Gasteiger partial charge on any atom is -0.370 e. The molecule has 0 bridgehead atoms. The molecule has 3 heterocycles. The van der Waals surface area contributed by atoms with Crippen LogP contribution in [0, 0.1) is 11.6 Å². The second-order valence-corrected chi connectivity index (χ2v) is 8.70. The molecule has 2 N–H and O–H groups in total. The molecule has 0 radical (unpaired) electrons. The Labute approximate surface area is 193 Å². The van der Waals surface area contributed by atoms with Gasteiger partial charge in [0.15, 0.2) is 6.10 Å². The first kappa shape index (κ1) is 24.3. The van der Waals surface area contributed by atoms with Crippen molar-refractivity contribution in [3.63, 3.8) is 0 Å². The summed E-state index contributed by atoms with van der Waals surface area (Å²) in [4.78, 5) is 19.0. The summed E-state index contributed by atoms with van der Waals surface area (Å²) in [6.45, 7) is 1.19. The van der Waals surface area contributed by atoms with Gasteiger partial charge in [0.25, 0.3) is 5.91 Å². The molecule has 2 aliphatic rings. The highest BCUT2D eigenvalue weighted by Gasteiger charge is 2.42. The number of aromatic nitrogens is 1. The summed E-state index contributed by atoms with van der Waals surface area (Å²) in [5.74, 6) is -2.37. The third kappa shape index (κ3) is 5.00. The normalized spacial score (nSPS) is 21.3. The highest BCUT2D eigenvalue weighted by Crippen LogP contribution is 2.40. The molecule has 34 heavy (non-hydrogen) atoms. The minimum atomic E-state index is -4.65. The van der Waals surface area contributed by atoms with Crippen molar-refractivity contribution in [2.24, 2.45) is 0 Å². The Morgan fingerprint density at radius 3 is 2.59 bits per heavy atom. The van der Waals surface area contributed by atoms with Crippen LogP contribution in [0.3, 0.4) is 0 Å². The number of hydrogen-bond donors (Lipinski definition) is 2. The summed E-state index contributed by atoms with van der Waals surface area (Å²) in [5.41, 5.74) is 0.761. The molecule has 2 saturated heterocycles. The third-order valence-corrected chi connectivity index (χ3v) is 6.44. The van der Waals surface area contributed by atoms with Gasteiger partial charge in [0, 0.05) is 49.8 Å². The molecule has 0 unspecified atom stereocenters. The second kappa shape index (κ2) is 9.46. The van der Waals surface area contributed by atoms with Crippen molar-refractivity contribution in [3.05, 3.63) is 47.8 Å². The van der Waals surface area contributed by atoms with Gasteiger partial charge >= 0.3 is 6.18 Å². The minimum absolute atomic E-state index is 0.0224. The summed E-state index contributed by atoms with van der Waals surface area (Å²) in [6.07, 6.45) is -1.41. The number of rotatable bonds is 6. The molecular weight excluding hydrogens is 459 g/mol. The molecule has 0 saturated carbocycles. The monoisotopic (exact) mass is 484 g/mol. The van der Waals surface area contributed by atoms with Crippen molar-refractivity contribution in [1.29, 1.82) is 0 Å². The van der Waals surface area contributed by atoms with Gasteiger partial charge in [-0.1, -0.05) is 0 Å². The maximum atomic E-state index is 14.0. The van der Waals surface area contributed by atoms with Crippen LogP contribution in [0.4, 0.5) is 27.6 Å². The number of hydrogen-bond acceptors (Lipinski definition) is 5. The number of amides is 1. The van der Waals surface area contributed by atoms with Gasteiger partial charge < -0.3 is 20.3 Å². The fourth-order valence-electron chi connectivity index (χ4n) is 4.77. The quantitative estimate of drug-likeness (QED) is 0.613. The van der Waals surface area contributed by atoms with Crippen molar-refractivity contribution in [2.45, 2.75) is 37.1 Å². The van der Waals surface area contributed by atoms with E-state index in [2.05, 4.69) is 20.4 Å². The van der Waals surface area contributed by atoms with Gasteiger partial charge in [-0.2, -0.15) is 13.2 Å². The number of carbonyl (C=O) groups is 1. The fraction of sp³-hybridized carbons (Fsp3) is 0.478. The number of pyridine rings is 1. The Morgan fingerprint density at radius 2 is 1.97 bits per heavy atom. The molecule has 11 heteroatoms. The topological polar surface area (TPSA) is 66.5 Å². The predicted octanol–water partition coefficient (Wildman–Crippen LogP) is 3.67. The second-order valence-electron chi connectivity index (χ2n) is 8.70. The maximum Gasteiger partial charge on any atom is 0.416 e. The first-order chi connectivity index (χ1) is 16.1. The Balaban J connectivity index is 1.72. The van der Waals surface area contributed by atoms with Crippen molar-refractivity contribution in [3.8, 4) is 11.1 Å². The lowest BCUT2D eigenvalue weighted by molar-refractivity contribution is -0.210. The van der Waals surface area contributed by atoms with E-state index in [4.69, 9.17) is 0 Å². The summed E-state index contributed by atoms with van der Waals surface area (Å²) in [5, 5.41) is 5.77. The zero-order valence-corrected chi connectivity index (χ0v) is 18.5.